The van der Waals surface area contributed by atoms with Gasteiger partial charge >= 0.3 is 0 Å². The van der Waals surface area contributed by atoms with Crippen molar-refractivity contribution in [1.82, 2.24) is 4.98 Å². The Labute approximate surface area is 136 Å². The molecule has 1 amide bonds. The summed E-state index contributed by atoms with van der Waals surface area (Å²) in [6, 6.07) is 5.77. The number of anilines is 1. The van der Waals surface area contributed by atoms with Gasteiger partial charge in [-0.05, 0) is 24.1 Å². The van der Waals surface area contributed by atoms with Crippen LogP contribution in [0.3, 0.4) is 0 Å². The van der Waals surface area contributed by atoms with Crippen LogP contribution in [0.2, 0.25) is 0 Å². The molecular weight excluding hydrogens is 343 g/mol. The van der Waals surface area contributed by atoms with Gasteiger partial charge in [0.1, 0.15) is 5.82 Å². The Morgan fingerprint density at radius 2 is 2.00 bits per heavy atom. The molecule has 2 aromatic rings. The van der Waals surface area contributed by atoms with Gasteiger partial charge < -0.3 is 11.1 Å². The first-order chi connectivity index (χ1) is 10.8. The van der Waals surface area contributed by atoms with E-state index in [1.54, 1.807) is 12.1 Å². The summed E-state index contributed by atoms with van der Waals surface area (Å²) in [6.45, 7) is 0.171. The number of rotatable bonds is 7. The zero-order valence-corrected chi connectivity index (χ0v) is 13.5. The van der Waals surface area contributed by atoms with Gasteiger partial charge in [0.15, 0.2) is 9.34 Å². The third-order valence-corrected chi connectivity index (χ3v) is 5.43. The van der Waals surface area contributed by atoms with Crippen LogP contribution in [0, 0.1) is 11.7 Å². The summed E-state index contributed by atoms with van der Waals surface area (Å²) in [7, 11) is -3.80. The Bertz CT molecular complexity index is 790. The minimum atomic E-state index is -3.80. The van der Waals surface area contributed by atoms with E-state index in [-0.39, 0.29) is 16.6 Å². The van der Waals surface area contributed by atoms with Crippen molar-refractivity contribution >= 4 is 32.4 Å². The number of carbonyl (C=O) groups is 1. The largest absolute Gasteiger partial charge is 0.369 e. The van der Waals surface area contributed by atoms with Crippen LogP contribution in [0.4, 0.5) is 9.52 Å². The van der Waals surface area contributed by atoms with Gasteiger partial charge in [-0.3, -0.25) is 4.79 Å². The smallest absolute Gasteiger partial charge is 0.249 e. The summed E-state index contributed by atoms with van der Waals surface area (Å²) in [5.41, 5.74) is 6.13. The fraction of sp³-hybridized carbons (Fsp3) is 0.231. The van der Waals surface area contributed by atoms with E-state index in [1.807, 2.05) is 0 Å². The topological polar surface area (TPSA) is 128 Å². The molecule has 1 heterocycles. The number of nitrogens with two attached hydrogens (primary N) is 2. The van der Waals surface area contributed by atoms with Gasteiger partial charge in [-0.1, -0.05) is 23.5 Å². The maximum atomic E-state index is 12.9. The molecule has 23 heavy (non-hydrogen) atoms. The molecule has 0 spiro atoms. The predicted octanol–water partition coefficient (Wildman–Crippen LogP) is 0.686. The minimum absolute atomic E-state index is 0.0749. The number of hydrogen-bond acceptors (Lipinski definition) is 6. The highest BCUT2D eigenvalue weighted by Crippen LogP contribution is 2.22. The lowest BCUT2D eigenvalue weighted by Crippen LogP contribution is -2.31. The van der Waals surface area contributed by atoms with Gasteiger partial charge in [0, 0.05) is 6.54 Å². The minimum Gasteiger partial charge on any atom is -0.369 e. The molecule has 7 nitrogen and oxygen atoms in total. The van der Waals surface area contributed by atoms with Gasteiger partial charge in [0.25, 0.3) is 0 Å². The van der Waals surface area contributed by atoms with Crippen LogP contribution in [0.15, 0.2) is 34.7 Å². The van der Waals surface area contributed by atoms with Crippen LogP contribution in [0.5, 0.6) is 0 Å². The molecule has 1 aromatic carbocycles. The quantitative estimate of drug-likeness (QED) is 0.671. The lowest BCUT2D eigenvalue weighted by Gasteiger charge is -2.14. The summed E-state index contributed by atoms with van der Waals surface area (Å²) in [6.07, 6.45) is 1.47. The number of sulfonamides is 1. The number of benzene rings is 1. The molecule has 0 saturated carbocycles. The van der Waals surface area contributed by atoms with Crippen LogP contribution in [-0.4, -0.2) is 25.9 Å². The summed E-state index contributed by atoms with van der Waals surface area (Å²) in [5.74, 6) is -1.44. The second kappa shape index (κ2) is 7.02. The number of amides is 1. The van der Waals surface area contributed by atoms with E-state index in [2.05, 4.69) is 10.3 Å². The zero-order valence-electron chi connectivity index (χ0n) is 11.9. The average Bonchev–Trinajstić information content (AvgIpc) is 2.94. The summed E-state index contributed by atoms with van der Waals surface area (Å²) in [5, 5.41) is 8.18. The molecule has 0 fully saturated rings. The van der Waals surface area contributed by atoms with Gasteiger partial charge in [-0.2, -0.15) is 0 Å². The Hall–Kier alpha value is -2.04. The number of primary sulfonamides is 1. The molecule has 124 valence electrons. The van der Waals surface area contributed by atoms with Crippen molar-refractivity contribution in [2.24, 2.45) is 16.8 Å². The van der Waals surface area contributed by atoms with E-state index >= 15 is 0 Å². The average molecular weight is 358 g/mol. The molecule has 0 bridgehead atoms. The fourth-order valence-electron chi connectivity index (χ4n) is 1.86. The second-order valence-corrected chi connectivity index (χ2v) is 7.66. The SMILES string of the molecule is NC(=O)C(CNc1ncc(S(N)(=O)=O)s1)Cc1ccc(F)cc1. The van der Waals surface area contributed by atoms with Crippen molar-refractivity contribution in [3.05, 3.63) is 41.8 Å². The number of nitrogens with one attached hydrogen (secondary N) is 1. The van der Waals surface area contributed by atoms with E-state index < -0.39 is 21.8 Å². The molecule has 1 atom stereocenters. The van der Waals surface area contributed by atoms with Gasteiger partial charge in [-0.25, -0.2) is 22.9 Å². The first-order valence-electron chi connectivity index (χ1n) is 6.52. The van der Waals surface area contributed by atoms with Gasteiger partial charge in [0.2, 0.25) is 15.9 Å². The van der Waals surface area contributed by atoms with Crippen LogP contribution in [0.25, 0.3) is 0 Å². The van der Waals surface area contributed by atoms with E-state index in [1.165, 1.54) is 12.1 Å². The maximum Gasteiger partial charge on any atom is 0.249 e. The van der Waals surface area contributed by atoms with Crippen LogP contribution >= 0.6 is 11.3 Å². The van der Waals surface area contributed by atoms with Crippen LogP contribution < -0.4 is 16.2 Å². The number of halogens is 1. The van der Waals surface area contributed by atoms with Gasteiger partial charge in [-0.15, -0.1) is 0 Å². The molecule has 1 aromatic heterocycles. The van der Waals surface area contributed by atoms with Crippen molar-refractivity contribution in [2.45, 2.75) is 10.6 Å². The highest BCUT2D eigenvalue weighted by Gasteiger charge is 2.18. The number of hydrogen-bond donors (Lipinski definition) is 3. The number of primary amides is 1. The molecular formula is C13H15FN4O3S2. The van der Waals surface area contributed by atoms with Crippen molar-refractivity contribution in [3.8, 4) is 0 Å². The molecule has 0 aliphatic rings. The van der Waals surface area contributed by atoms with E-state index in [9.17, 15) is 17.6 Å². The van der Waals surface area contributed by atoms with E-state index in [0.29, 0.717) is 11.6 Å². The first kappa shape index (κ1) is 17.3. The Kier molecular flexibility index (Phi) is 5.29. The molecule has 5 N–H and O–H groups in total. The fourth-order valence-corrected chi connectivity index (χ4v) is 3.32. The molecule has 0 radical (unpaired) electrons. The molecule has 10 heteroatoms. The number of thiazole rings is 1. The third-order valence-electron chi connectivity index (χ3n) is 3.06. The van der Waals surface area contributed by atoms with Crippen molar-refractivity contribution in [2.75, 3.05) is 11.9 Å². The van der Waals surface area contributed by atoms with Crippen molar-refractivity contribution in [3.63, 3.8) is 0 Å². The maximum absolute atomic E-state index is 12.9. The van der Waals surface area contributed by atoms with Crippen molar-refractivity contribution in [1.29, 1.82) is 0 Å². The highest BCUT2D eigenvalue weighted by molar-refractivity contribution is 7.91. The lowest BCUT2D eigenvalue weighted by atomic mass is 9.99. The van der Waals surface area contributed by atoms with Crippen molar-refractivity contribution < 1.29 is 17.6 Å². The van der Waals surface area contributed by atoms with Crippen LogP contribution in [-0.2, 0) is 21.2 Å². The standard InChI is InChI=1S/C13H15FN4O3S2/c14-10-3-1-8(2-4-10)5-9(12(15)19)6-17-13-18-7-11(22-13)23(16,20)21/h1-4,7,9H,5-6H2,(H2,15,19)(H,17,18)(H2,16,20,21). The Morgan fingerprint density at radius 3 is 2.52 bits per heavy atom. The molecule has 0 aliphatic carbocycles. The number of carbonyl (C=O) groups excluding carboxylic acids is 1. The van der Waals surface area contributed by atoms with Gasteiger partial charge in [0.05, 0.1) is 12.1 Å². The predicted molar refractivity (Wildman–Crippen MR) is 84.8 cm³/mol. The zero-order chi connectivity index (χ0) is 17.0. The Morgan fingerprint density at radius 1 is 1.35 bits per heavy atom. The summed E-state index contributed by atoms with van der Waals surface area (Å²) < 4.78 is 35.2. The third kappa shape index (κ3) is 4.98. The summed E-state index contributed by atoms with van der Waals surface area (Å²) in [4.78, 5) is 15.4. The van der Waals surface area contributed by atoms with Crippen LogP contribution in [0.1, 0.15) is 5.56 Å². The Balaban J connectivity index is 2.01. The van der Waals surface area contributed by atoms with E-state index in [0.717, 1.165) is 23.1 Å². The molecule has 2 rings (SSSR count). The number of aromatic nitrogens is 1. The second-order valence-electron chi connectivity index (χ2n) is 4.84. The van der Waals surface area contributed by atoms with E-state index in [4.69, 9.17) is 10.9 Å². The molecule has 1 unspecified atom stereocenters. The summed E-state index contributed by atoms with van der Waals surface area (Å²) >= 11 is 0.865. The highest BCUT2D eigenvalue weighted by atomic mass is 32.2. The molecule has 0 saturated heterocycles. The monoisotopic (exact) mass is 358 g/mol. The first-order valence-corrected chi connectivity index (χ1v) is 8.88. The lowest BCUT2D eigenvalue weighted by molar-refractivity contribution is -0.121. The number of nitrogens with zero attached hydrogens (tertiary/aromatic N) is 1. The normalized spacial score (nSPS) is 12.8. The molecule has 0 aliphatic heterocycles.